The van der Waals surface area contributed by atoms with Crippen molar-refractivity contribution in [1.82, 2.24) is 15.6 Å². The zero-order chi connectivity index (χ0) is 14.3. The summed E-state index contributed by atoms with van der Waals surface area (Å²) in [5, 5.41) is 9.15. The first-order valence-electron chi connectivity index (χ1n) is 6.48. The predicted molar refractivity (Wildman–Crippen MR) is 77.4 cm³/mol. The quantitative estimate of drug-likeness (QED) is 0.789. The van der Waals surface area contributed by atoms with Gasteiger partial charge >= 0.3 is 6.09 Å². The molecule has 0 radical (unpaired) electrons. The molecule has 1 heterocycles. The minimum atomic E-state index is -0.443. The molecule has 0 aliphatic carbocycles. The van der Waals surface area contributed by atoms with Gasteiger partial charge < -0.3 is 15.4 Å². The highest BCUT2D eigenvalue weighted by Gasteiger charge is 2.15. The molecule has 6 heteroatoms. The highest BCUT2D eigenvalue weighted by Crippen LogP contribution is 2.14. The van der Waals surface area contributed by atoms with Crippen LogP contribution in [0.25, 0.3) is 0 Å². The molecule has 19 heavy (non-hydrogen) atoms. The molecule has 2 N–H and O–H groups in total. The summed E-state index contributed by atoms with van der Waals surface area (Å²) < 4.78 is 5.15. The summed E-state index contributed by atoms with van der Waals surface area (Å²) in [4.78, 5) is 15.6. The van der Waals surface area contributed by atoms with Crippen molar-refractivity contribution in [3.63, 3.8) is 0 Å². The van der Waals surface area contributed by atoms with Gasteiger partial charge in [-0.2, -0.15) is 0 Å². The van der Waals surface area contributed by atoms with E-state index in [2.05, 4.69) is 22.5 Å². The Morgan fingerprint density at radius 3 is 2.79 bits per heavy atom. The van der Waals surface area contributed by atoms with Gasteiger partial charge in [-0.1, -0.05) is 0 Å². The van der Waals surface area contributed by atoms with Gasteiger partial charge in [0.15, 0.2) is 0 Å². The third-order valence-electron chi connectivity index (χ3n) is 2.29. The Balaban J connectivity index is 2.07. The zero-order valence-electron chi connectivity index (χ0n) is 12.0. The van der Waals surface area contributed by atoms with Gasteiger partial charge in [0.1, 0.15) is 10.6 Å². The van der Waals surface area contributed by atoms with Crippen LogP contribution in [0.2, 0.25) is 0 Å². The van der Waals surface area contributed by atoms with E-state index in [0.29, 0.717) is 6.54 Å². The molecule has 0 saturated heterocycles. The largest absolute Gasteiger partial charge is 0.444 e. The number of nitrogens with one attached hydrogen (secondary N) is 2. The van der Waals surface area contributed by atoms with Crippen molar-refractivity contribution in [3.8, 4) is 0 Å². The molecule has 0 spiro atoms. The lowest BCUT2D eigenvalue weighted by Crippen LogP contribution is -2.34. The van der Waals surface area contributed by atoms with Gasteiger partial charge in [-0.25, -0.2) is 9.78 Å². The van der Waals surface area contributed by atoms with E-state index < -0.39 is 5.60 Å². The highest BCUT2D eigenvalue weighted by atomic mass is 32.1. The molecule has 1 atom stereocenters. The average molecular weight is 285 g/mol. The Hall–Kier alpha value is -1.14. The van der Waals surface area contributed by atoms with Crippen LogP contribution >= 0.6 is 11.3 Å². The number of ether oxygens (including phenoxy) is 1. The first kappa shape index (κ1) is 15.9. The summed E-state index contributed by atoms with van der Waals surface area (Å²) in [6.45, 7) is 9.07. The van der Waals surface area contributed by atoms with Crippen molar-refractivity contribution >= 4 is 17.4 Å². The van der Waals surface area contributed by atoms with E-state index in [4.69, 9.17) is 4.74 Å². The average Bonchev–Trinajstić information content (AvgIpc) is 2.79. The maximum atomic E-state index is 11.4. The number of thiazole rings is 1. The molecular formula is C13H23N3O2S. The van der Waals surface area contributed by atoms with E-state index in [-0.39, 0.29) is 12.1 Å². The molecule has 1 rings (SSSR count). The second kappa shape index (κ2) is 7.45. The number of carbonyl (C=O) groups is 1. The van der Waals surface area contributed by atoms with Gasteiger partial charge in [-0.05, 0) is 40.7 Å². The van der Waals surface area contributed by atoms with Gasteiger partial charge in [0.25, 0.3) is 0 Å². The second-order valence-corrected chi connectivity index (χ2v) is 6.25. The number of hydrogen-bond donors (Lipinski definition) is 2. The van der Waals surface area contributed by atoms with Crippen LogP contribution in [0.1, 0.15) is 45.2 Å². The van der Waals surface area contributed by atoms with Crippen molar-refractivity contribution in [2.75, 3.05) is 13.1 Å². The number of amides is 1. The summed E-state index contributed by atoms with van der Waals surface area (Å²) in [5.41, 5.74) is -0.443. The van der Waals surface area contributed by atoms with Crippen molar-refractivity contribution in [2.24, 2.45) is 0 Å². The van der Waals surface area contributed by atoms with Crippen molar-refractivity contribution in [1.29, 1.82) is 0 Å². The lowest BCUT2D eigenvalue weighted by Gasteiger charge is -2.19. The third kappa shape index (κ3) is 7.12. The molecule has 0 saturated carbocycles. The van der Waals surface area contributed by atoms with E-state index in [0.717, 1.165) is 18.0 Å². The monoisotopic (exact) mass is 285 g/mol. The Morgan fingerprint density at radius 1 is 1.47 bits per heavy atom. The number of rotatable bonds is 6. The number of nitrogens with zero attached hydrogens (tertiary/aromatic N) is 1. The zero-order valence-corrected chi connectivity index (χ0v) is 12.8. The number of hydrogen-bond acceptors (Lipinski definition) is 5. The van der Waals surface area contributed by atoms with E-state index in [9.17, 15) is 4.79 Å². The summed E-state index contributed by atoms with van der Waals surface area (Å²) >= 11 is 1.64. The van der Waals surface area contributed by atoms with E-state index in [1.165, 1.54) is 0 Å². The van der Waals surface area contributed by atoms with Gasteiger partial charge in [-0.3, -0.25) is 0 Å². The van der Waals surface area contributed by atoms with Crippen molar-refractivity contribution in [2.45, 2.75) is 45.8 Å². The minimum Gasteiger partial charge on any atom is -0.444 e. The molecule has 1 aromatic rings. The minimum absolute atomic E-state index is 0.251. The molecule has 0 aliphatic rings. The van der Waals surface area contributed by atoms with Crippen LogP contribution in [0, 0.1) is 0 Å². The van der Waals surface area contributed by atoms with Crippen LogP contribution < -0.4 is 10.6 Å². The van der Waals surface area contributed by atoms with Crippen LogP contribution in [0.4, 0.5) is 4.79 Å². The van der Waals surface area contributed by atoms with Crippen LogP contribution in [-0.2, 0) is 4.74 Å². The Kier molecular flexibility index (Phi) is 6.24. The number of aromatic nitrogens is 1. The maximum Gasteiger partial charge on any atom is 0.407 e. The third-order valence-corrected chi connectivity index (χ3v) is 3.25. The van der Waals surface area contributed by atoms with Crippen LogP contribution in [0.15, 0.2) is 11.6 Å². The van der Waals surface area contributed by atoms with Crippen LogP contribution in [-0.4, -0.2) is 29.8 Å². The predicted octanol–water partition coefficient (Wildman–Crippen LogP) is 2.71. The molecule has 108 valence electrons. The molecule has 0 fully saturated rings. The molecule has 1 unspecified atom stereocenters. The smallest absolute Gasteiger partial charge is 0.407 e. The Morgan fingerprint density at radius 2 is 2.21 bits per heavy atom. The summed E-state index contributed by atoms with van der Waals surface area (Å²) in [6, 6.07) is 0.251. The standard InChI is InChI=1S/C13H23N3O2S/c1-10(11-15-8-9-19-11)14-6-5-7-16-12(17)18-13(2,3)4/h8-10,14H,5-7H2,1-4H3,(H,16,17). The summed E-state index contributed by atoms with van der Waals surface area (Å²) in [5.74, 6) is 0. The topological polar surface area (TPSA) is 63.2 Å². The molecule has 1 aromatic heterocycles. The van der Waals surface area contributed by atoms with Crippen LogP contribution in [0.3, 0.4) is 0 Å². The first-order chi connectivity index (χ1) is 8.88. The number of carbonyl (C=O) groups excluding carboxylic acids is 1. The summed E-state index contributed by atoms with van der Waals surface area (Å²) in [6.07, 6.45) is 2.30. The maximum absolute atomic E-state index is 11.4. The highest BCUT2D eigenvalue weighted by molar-refractivity contribution is 7.09. The van der Waals surface area contributed by atoms with Crippen molar-refractivity contribution < 1.29 is 9.53 Å². The van der Waals surface area contributed by atoms with Gasteiger partial charge in [0.2, 0.25) is 0 Å². The second-order valence-electron chi connectivity index (χ2n) is 5.33. The normalized spacial score (nSPS) is 13.1. The van der Waals surface area contributed by atoms with Crippen molar-refractivity contribution in [3.05, 3.63) is 16.6 Å². The molecule has 0 aromatic carbocycles. The first-order valence-corrected chi connectivity index (χ1v) is 7.36. The van der Waals surface area contributed by atoms with E-state index in [1.807, 2.05) is 32.3 Å². The molecule has 0 aliphatic heterocycles. The Bertz CT molecular complexity index is 374. The fraction of sp³-hybridized carbons (Fsp3) is 0.692. The van der Waals surface area contributed by atoms with E-state index in [1.54, 1.807) is 11.3 Å². The summed E-state index contributed by atoms with van der Waals surface area (Å²) in [7, 11) is 0. The Labute approximate surface area is 118 Å². The molecule has 0 bridgehead atoms. The molecular weight excluding hydrogens is 262 g/mol. The SMILES string of the molecule is CC(NCCCNC(=O)OC(C)(C)C)c1nccs1. The molecule has 5 nitrogen and oxygen atoms in total. The lowest BCUT2D eigenvalue weighted by atomic mass is 10.2. The fourth-order valence-corrected chi connectivity index (χ4v) is 2.12. The number of alkyl carbamates (subject to hydrolysis) is 1. The molecule has 1 amide bonds. The van der Waals surface area contributed by atoms with E-state index >= 15 is 0 Å². The van der Waals surface area contributed by atoms with Crippen LogP contribution in [0.5, 0.6) is 0 Å². The fourth-order valence-electron chi connectivity index (χ4n) is 1.45. The van der Waals surface area contributed by atoms with Gasteiger partial charge in [0, 0.05) is 18.1 Å². The van der Waals surface area contributed by atoms with Gasteiger partial charge in [0.05, 0.1) is 6.04 Å². The van der Waals surface area contributed by atoms with Gasteiger partial charge in [-0.15, -0.1) is 11.3 Å². The lowest BCUT2D eigenvalue weighted by molar-refractivity contribution is 0.0527.